The van der Waals surface area contributed by atoms with E-state index in [1.54, 1.807) is 6.20 Å². The quantitative estimate of drug-likeness (QED) is 0.568. The molecular weight excluding hydrogens is 330 g/mol. The van der Waals surface area contributed by atoms with Gasteiger partial charge in [-0.05, 0) is 41.8 Å². The summed E-state index contributed by atoms with van der Waals surface area (Å²) in [5.74, 6) is 0. The molecule has 24 heavy (non-hydrogen) atoms. The Bertz CT molecular complexity index is 698. The Hall–Kier alpha value is -1.99. The highest BCUT2D eigenvalue weighted by molar-refractivity contribution is 6.29. The van der Waals surface area contributed by atoms with Crippen LogP contribution >= 0.6 is 11.6 Å². The fraction of sp³-hybridized carbons (Fsp3) is 0.294. The summed E-state index contributed by atoms with van der Waals surface area (Å²) in [5.41, 5.74) is 8.69. The van der Waals surface area contributed by atoms with Crippen LogP contribution in [0.25, 0.3) is 11.1 Å². The molecule has 2 atom stereocenters. The highest BCUT2D eigenvalue weighted by Crippen LogP contribution is 2.31. The lowest BCUT2D eigenvalue weighted by molar-refractivity contribution is -0.122. The van der Waals surface area contributed by atoms with Crippen molar-refractivity contribution >= 4 is 18.1 Å². The molecule has 6 nitrogen and oxygen atoms in total. The Balaban J connectivity index is 0.000000647. The first-order valence-electron chi connectivity index (χ1n) is 7.43. The molecule has 2 unspecified atom stereocenters. The van der Waals surface area contributed by atoms with Crippen LogP contribution in [0.3, 0.4) is 0 Å². The van der Waals surface area contributed by atoms with Crippen LogP contribution in [0.5, 0.6) is 0 Å². The lowest BCUT2D eigenvalue weighted by atomic mass is 9.91. The summed E-state index contributed by atoms with van der Waals surface area (Å²) in [5, 5.41) is 10.7. The molecule has 1 fully saturated rings. The Morgan fingerprint density at radius 2 is 2.12 bits per heavy atom. The van der Waals surface area contributed by atoms with E-state index in [0.717, 1.165) is 23.2 Å². The molecule has 0 saturated carbocycles. The number of ether oxygens (including phenoxy) is 1. The minimum Gasteiger partial charge on any atom is -0.483 e. The van der Waals surface area contributed by atoms with Crippen LogP contribution in [0.2, 0.25) is 5.15 Å². The fourth-order valence-electron chi connectivity index (χ4n) is 2.65. The number of pyridine rings is 1. The van der Waals surface area contributed by atoms with Gasteiger partial charge in [-0.2, -0.15) is 0 Å². The molecule has 1 aromatic carbocycles. The number of nitrogens with zero attached hydrogens (tertiary/aromatic N) is 1. The van der Waals surface area contributed by atoms with Crippen molar-refractivity contribution in [3.8, 4) is 11.1 Å². The highest BCUT2D eigenvalue weighted by Gasteiger charge is 2.33. The van der Waals surface area contributed by atoms with E-state index in [-0.39, 0.29) is 12.7 Å². The zero-order valence-corrected chi connectivity index (χ0v) is 14.0. The molecule has 0 bridgehead atoms. The number of aromatic nitrogens is 1. The number of nitrogens with two attached hydrogens (primary N) is 1. The normalized spacial score (nSPS) is 23.0. The van der Waals surface area contributed by atoms with Crippen LogP contribution in [0.4, 0.5) is 0 Å². The van der Waals surface area contributed by atoms with Crippen LogP contribution in [-0.4, -0.2) is 35.9 Å². The van der Waals surface area contributed by atoms with Gasteiger partial charge in [0.25, 0.3) is 6.47 Å². The lowest BCUT2D eigenvalue weighted by Gasteiger charge is -2.38. The topological polar surface area (TPSA) is 97.5 Å². The molecule has 1 saturated heterocycles. The van der Waals surface area contributed by atoms with E-state index in [9.17, 15) is 0 Å². The zero-order chi connectivity index (χ0) is 17.6. The van der Waals surface area contributed by atoms with Crippen molar-refractivity contribution in [2.45, 2.75) is 18.8 Å². The van der Waals surface area contributed by atoms with E-state index in [4.69, 9.17) is 32.0 Å². The minimum atomic E-state index is -0.426. The Morgan fingerprint density at radius 3 is 2.79 bits per heavy atom. The Labute approximate surface area is 145 Å². The minimum absolute atomic E-state index is 0.250. The number of halogens is 1. The number of nitrogens with one attached hydrogen (secondary N) is 1. The molecule has 0 amide bonds. The summed E-state index contributed by atoms with van der Waals surface area (Å²) < 4.78 is 5.95. The molecule has 1 aromatic heterocycles. The monoisotopic (exact) mass is 349 g/mol. The molecule has 0 spiro atoms. The van der Waals surface area contributed by atoms with Crippen molar-refractivity contribution in [2.75, 3.05) is 13.1 Å². The fourth-order valence-corrected chi connectivity index (χ4v) is 2.82. The van der Waals surface area contributed by atoms with Gasteiger partial charge in [0.1, 0.15) is 17.0 Å². The van der Waals surface area contributed by atoms with E-state index in [1.165, 1.54) is 0 Å². The van der Waals surface area contributed by atoms with E-state index in [1.807, 2.05) is 18.2 Å². The van der Waals surface area contributed by atoms with Crippen LogP contribution in [0, 0.1) is 0 Å². The number of hydrogen-bond donors (Lipinski definition) is 3. The van der Waals surface area contributed by atoms with Crippen molar-refractivity contribution < 1.29 is 14.6 Å². The van der Waals surface area contributed by atoms with Crippen molar-refractivity contribution in [3.63, 3.8) is 0 Å². The van der Waals surface area contributed by atoms with Gasteiger partial charge in [-0.1, -0.05) is 29.8 Å². The first-order chi connectivity index (χ1) is 11.5. The molecule has 2 aromatic rings. The van der Waals surface area contributed by atoms with Gasteiger partial charge in [-0.3, -0.25) is 4.79 Å². The standard InChI is InChI=1S/C16H18ClN3O.CH2O2/c1-16(10-19-9-15(18)21-16)13-4-2-3-11(7-13)12-5-6-20-14(17)8-12;2-1-3/h2-8,15,19H,9-10,18H2,1H3;1H,(H,2,3). The average molecular weight is 350 g/mol. The van der Waals surface area contributed by atoms with Crippen molar-refractivity contribution in [2.24, 2.45) is 5.73 Å². The smallest absolute Gasteiger partial charge is 0.290 e. The van der Waals surface area contributed by atoms with Gasteiger partial charge in [0.2, 0.25) is 0 Å². The highest BCUT2D eigenvalue weighted by atomic mass is 35.5. The summed E-state index contributed by atoms with van der Waals surface area (Å²) in [7, 11) is 0. The summed E-state index contributed by atoms with van der Waals surface area (Å²) >= 11 is 5.97. The molecule has 0 radical (unpaired) electrons. The molecule has 1 aliphatic heterocycles. The molecule has 2 heterocycles. The second-order valence-electron chi connectivity index (χ2n) is 5.57. The predicted octanol–water partition coefficient (Wildman–Crippen LogP) is 2.22. The van der Waals surface area contributed by atoms with E-state index in [2.05, 4.69) is 35.4 Å². The van der Waals surface area contributed by atoms with Gasteiger partial charge in [0, 0.05) is 19.3 Å². The Morgan fingerprint density at radius 1 is 1.42 bits per heavy atom. The second kappa shape index (κ2) is 8.21. The number of carboxylic acid groups (broad SMARTS) is 1. The third-order valence-electron chi connectivity index (χ3n) is 3.75. The van der Waals surface area contributed by atoms with Gasteiger partial charge >= 0.3 is 0 Å². The second-order valence-corrected chi connectivity index (χ2v) is 5.96. The van der Waals surface area contributed by atoms with Gasteiger partial charge in [-0.25, -0.2) is 4.98 Å². The van der Waals surface area contributed by atoms with Crippen molar-refractivity contribution in [3.05, 3.63) is 53.3 Å². The van der Waals surface area contributed by atoms with E-state index in [0.29, 0.717) is 11.7 Å². The maximum atomic E-state index is 8.36. The first kappa shape index (κ1) is 18.4. The average Bonchev–Trinajstić information content (AvgIpc) is 2.56. The number of hydrogen-bond acceptors (Lipinski definition) is 5. The molecular formula is C17H20ClN3O3. The van der Waals surface area contributed by atoms with Crippen molar-refractivity contribution in [1.82, 2.24) is 10.3 Å². The number of morpholine rings is 1. The van der Waals surface area contributed by atoms with E-state index < -0.39 is 5.60 Å². The maximum Gasteiger partial charge on any atom is 0.290 e. The third kappa shape index (κ3) is 4.52. The number of carbonyl (C=O) groups is 1. The largest absolute Gasteiger partial charge is 0.483 e. The summed E-state index contributed by atoms with van der Waals surface area (Å²) in [4.78, 5) is 12.4. The third-order valence-corrected chi connectivity index (χ3v) is 3.96. The van der Waals surface area contributed by atoms with Crippen LogP contribution < -0.4 is 11.1 Å². The molecule has 0 aliphatic carbocycles. The van der Waals surface area contributed by atoms with E-state index >= 15 is 0 Å². The van der Waals surface area contributed by atoms with Crippen LogP contribution in [0.1, 0.15) is 12.5 Å². The summed E-state index contributed by atoms with van der Waals surface area (Å²) in [6.07, 6.45) is 1.42. The molecule has 4 N–H and O–H groups in total. The zero-order valence-electron chi connectivity index (χ0n) is 13.3. The predicted molar refractivity (Wildman–Crippen MR) is 92.7 cm³/mol. The number of rotatable bonds is 2. The maximum absolute atomic E-state index is 8.36. The molecule has 7 heteroatoms. The lowest BCUT2D eigenvalue weighted by Crippen LogP contribution is -2.53. The summed E-state index contributed by atoms with van der Waals surface area (Å²) in [6, 6.07) is 12.0. The molecule has 128 valence electrons. The SMILES string of the molecule is CC1(c2cccc(-c3ccnc(Cl)c3)c2)CNCC(N)O1.O=CO. The van der Waals surface area contributed by atoms with Gasteiger partial charge in [-0.15, -0.1) is 0 Å². The van der Waals surface area contributed by atoms with Gasteiger partial charge in [0.15, 0.2) is 0 Å². The first-order valence-corrected chi connectivity index (χ1v) is 7.81. The van der Waals surface area contributed by atoms with Crippen LogP contribution in [-0.2, 0) is 15.1 Å². The van der Waals surface area contributed by atoms with Gasteiger partial charge in [0.05, 0.1) is 0 Å². The number of benzene rings is 1. The molecule has 3 rings (SSSR count). The Kier molecular flexibility index (Phi) is 6.28. The van der Waals surface area contributed by atoms with Crippen molar-refractivity contribution in [1.29, 1.82) is 0 Å². The van der Waals surface area contributed by atoms with Gasteiger partial charge < -0.3 is 20.9 Å². The van der Waals surface area contributed by atoms with Crippen LogP contribution in [0.15, 0.2) is 42.6 Å². The molecule has 1 aliphatic rings. The summed E-state index contributed by atoms with van der Waals surface area (Å²) in [6.45, 7) is 3.22.